The van der Waals surface area contributed by atoms with Crippen LogP contribution in [-0.2, 0) is 14.9 Å². The molecule has 0 radical (unpaired) electrons. The maximum atomic E-state index is 11.9. The summed E-state index contributed by atoms with van der Waals surface area (Å²) < 4.78 is 28.7. The summed E-state index contributed by atoms with van der Waals surface area (Å²) >= 11 is 0. The molecule has 8 heteroatoms. The molecule has 2 N–H and O–H groups in total. The minimum Gasteiger partial charge on any atom is -0.360 e. The zero-order chi connectivity index (χ0) is 12.5. The highest BCUT2D eigenvalue weighted by molar-refractivity contribution is 7.89. The van der Waals surface area contributed by atoms with E-state index in [0.29, 0.717) is 12.2 Å². The third-order valence-corrected chi connectivity index (χ3v) is 4.01. The molecule has 17 heavy (non-hydrogen) atoms. The van der Waals surface area contributed by atoms with Crippen molar-refractivity contribution in [2.45, 2.75) is 31.3 Å². The number of sulfonamides is 1. The van der Waals surface area contributed by atoms with E-state index >= 15 is 0 Å². The van der Waals surface area contributed by atoms with E-state index in [2.05, 4.69) is 15.4 Å². The summed E-state index contributed by atoms with van der Waals surface area (Å²) in [7, 11) is -3.72. The third kappa shape index (κ3) is 2.65. The number of aryl methyl sites for hydroxylation is 2. The molecule has 0 amide bonds. The molecule has 0 bridgehead atoms. The summed E-state index contributed by atoms with van der Waals surface area (Å²) in [6.07, 6.45) is 0.648. The molecule has 96 valence electrons. The maximum absolute atomic E-state index is 11.9. The van der Waals surface area contributed by atoms with Crippen molar-refractivity contribution in [3.05, 3.63) is 11.5 Å². The lowest BCUT2D eigenvalue weighted by atomic mass is 10.3. The lowest BCUT2D eigenvalue weighted by Crippen LogP contribution is -2.31. The van der Waals surface area contributed by atoms with Crippen LogP contribution in [0.1, 0.15) is 17.9 Å². The summed E-state index contributed by atoms with van der Waals surface area (Å²) in [4.78, 5) is 7.29. The molecular weight excluding hydrogens is 246 g/mol. The standard InChI is InChI=1S/C9H15N3O4S/c1-6-9(7(2)15-11-6)17(13,14)12-16-8-3-4-10-5-8/h8,10,12H,3-5H2,1-2H3. The fraction of sp³-hybridized carbons (Fsp3) is 0.667. The normalized spacial score (nSPS) is 20.9. The van der Waals surface area contributed by atoms with Crippen LogP contribution in [0.25, 0.3) is 0 Å². The van der Waals surface area contributed by atoms with Gasteiger partial charge in [0.15, 0.2) is 5.76 Å². The average Bonchev–Trinajstić information content (AvgIpc) is 2.86. The van der Waals surface area contributed by atoms with E-state index in [1.807, 2.05) is 0 Å². The summed E-state index contributed by atoms with van der Waals surface area (Å²) in [5.41, 5.74) is 0.322. The van der Waals surface area contributed by atoms with E-state index in [1.165, 1.54) is 0 Å². The molecule has 1 aromatic heterocycles. The van der Waals surface area contributed by atoms with Gasteiger partial charge < -0.3 is 9.84 Å². The number of aromatic nitrogens is 1. The minimum atomic E-state index is -3.72. The molecule has 1 atom stereocenters. The van der Waals surface area contributed by atoms with Gasteiger partial charge in [0.1, 0.15) is 10.6 Å². The van der Waals surface area contributed by atoms with Gasteiger partial charge in [-0.15, -0.1) is 0 Å². The molecule has 7 nitrogen and oxygen atoms in total. The highest BCUT2D eigenvalue weighted by atomic mass is 32.2. The van der Waals surface area contributed by atoms with Crippen LogP contribution >= 0.6 is 0 Å². The summed E-state index contributed by atoms with van der Waals surface area (Å²) in [5.74, 6) is 0.253. The third-order valence-electron chi connectivity index (χ3n) is 2.58. The molecule has 1 fully saturated rings. The topological polar surface area (TPSA) is 93.5 Å². The second-order valence-corrected chi connectivity index (χ2v) is 5.55. The number of nitrogens with zero attached hydrogens (tertiary/aromatic N) is 1. The van der Waals surface area contributed by atoms with Crippen molar-refractivity contribution >= 4 is 10.0 Å². The Balaban J connectivity index is 2.08. The van der Waals surface area contributed by atoms with Gasteiger partial charge >= 0.3 is 0 Å². The predicted octanol–water partition coefficient (Wildman–Crippen LogP) is -0.137. The smallest absolute Gasteiger partial charge is 0.267 e. The molecule has 1 unspecified atom stereocenters. The zero-order valence-corrected chi connectivity index (χ0v) is 10.5. The fourth-order valence-corrected chi connectivity index (χ4v) is 2.95. The van der Waals surface area contributed by atoms with Crippen molar-refractivity contribution in [3.8, 4) is 0 Å². The van der Waals surface area contributed by atoms with Crippen molar-refractivity contribution in [3.63, 3.8) is 0 Å². The van der Waals surface area contributed by atoms with Gasteiger partial charge in [-0.2, -0.15) is 0 Å². The molecule has 2 rings (SSSR count). The number of nitrogens with one attached hydrogen (secondary N) is 2. The Morgan fingerprint density at radius 3 is 2.82 bits per heavy atom. The highest BCUT2D eigenvalue weighted by Crippen LogP contribution is 2.18. The Labute approximate surface area is 99.5 Å². The first-order valence-electron chi connectivity index (χ1n) is 5.32. The van der Waals surface area contributed by atoms with Crippen LogP contribution in [0.2, 0.25) is 0 Å². The van der Waals surface area contributed by atoms with E-state index in [0.717, 1.165) is 13.0 Å². The van der Waals surface area contributed by atoms with Crippen molar-refractivity contribution in [1.29, 1.82) is 0 Å². The Morgan fingerprint density at radius 1 is 1.53 bits per heavy atom. The molecule has 2 heterocycles. The fourth-order valence-electron chi connectivity index (χ4n) is 1.76. The summed E-state index contributed by atoms with van der Waals surface area (Å²) in [5, 5.41) is 6.68. The number of hydrogen-bond acceptors (Lipinski definition) is 6. The maximum Gasteiger partial charge on any atom is 0.267 e. The van der Waals surface area contributed by atoms with Crippen LogP contribution in [0.4, 0.5) is 0 Å². The average molecular weight is 261 g/mol. The monoisotopic (exact) mass is 261 g/mol. The van der Waals surface area contributed by atoms with Gasteiger partial charge in [-0.1, -0.05) is 10.0 Å². The van der Waals surface area contributed by atoms with Crippen LogP contribution in [0.3, 0.4) is 0 Å². The Kier molecular flexibility index (Phi) is 3.48. The molecule has 0 aromatic carbocycles. The molecule has 0 saturated carbocycles. The predicted molar refractivity (Wildman–Crippen MR) is 58.7 cm³/mol. The quantitative estimate of drug-likeness (QED) is 0.733. The van der Waals surface area contributed by atoms with Crippen molar-refractivity contribution in [1.82, 2.24) is 15.4 Å². The van der Waals surface area contributed by atoms with Crippen molar-refractivity contribution < 1.29 is 17.8 Å². The van der Waals surface area contributed by atoms with Gasteiger partial charge in [0.05, 0.1) is 6.10 Å². The molecule has 1 aliphatic rings. The SMILES string of the molecule is Cc1noc(C)c1S(=O)(=O)NOC1CCNC1. The van der Waals surface area contributed by atoms with E-state index in [4.69, 9.17) is 9.36 Å². The first-order chi connectivity index (χ1) is 8.00. The molecule has 0 aliphatic carbocycles. The summed E-state index contributed by atoms with van der Waals surface area (Å²) in [6.45, 7) is 4.59. The van der Waals surface area contributed by atoms with Crippen LogP contribution in [0, 0.1) is 13.8 Å². The van der Waals surface area contributed by atoms with Gasteiger partial charge in [0.25, 0.3) is 10.0 Å². The van der Waals surface area contributed by atoms with Crippen molar-refractivity contribution in [2.24, 2.45) is 0 Å². The second-order valence-electron chi connectivity index (χ2n) is 3.97. The molecule has 1 saturated heterocycles. The number of rotatable bonds is 4. The van der Waals surface area contributed by atoms with Gasteiger partial charge in [-0.25, -0.2) is 8.42 Å². The number of hydrogen-bond donors (Lipinski definition) is 2. The molecule has 0 spiro atoms. The van der Waals surface area contributed by atoms with E-state index in [1.54, 1.807) is 13.8 Å². The Bertz CT molecular complexity index is 471. The Morgan fingerprint density at radius 2 is 2.29 bits per heavy atom. The minimum absolute atomic E-state index is 0.0449. The van der Waals surface area contributed by atoms with Crippen LogP contribution in [0.5, 0.6) is 0 Å². The second kappa shape index (κ2) is 4.73. The Hall–Kier alpha value is -0.960. The van der Waals surface area contributed by atoms with E-state index in [-0.39, 0.29) is 16.8 Å². The largest absolute Gasteiger partial charge is 0.360 e. The lowest BCUT2D eigenvalue weighted by Gasteiger charge is -2.11. The first-order valence-corrected chi connectivity index (χ1v) is 6.80. The van der Waals surface area contributed by atoms with Crippen LogP contribution in [0.15, 0.2) is 9.42 Å². The van der Waals surface area contributed by atoms with Gasteiger partial charge in [0, 0.05) is 6.54 Å². The van der Waals surface area contributed by atoms with Gasteiger partial charge in [-0.05, 0) is 26.8 Å². The zero-order valence-electron chi connectivity index (χ0n) is 9.69. The molecular formula is C9H15N3O4S. The van der Waals surface area contributed by atoms with Gasteiger partial charge in [-0.3, -0.25) is 4.84 Å². The lowest BCUT2D eigenvalue weighted by molar-refractivity contribution is 0.0303. The van der Waals surface area contributed by atoms with Gasteiger partial charge in [0.2, 0.25) is 0 Å². The van der Waals surface area contributed by atoms with Crippen molar-refractivity contribution in [2.75, 3.05) is 13.1 Å². The first kappa shape index (κ1) is 12.5. The highest BCUT2D eigenvalue weighted by Gasteiger charge is 2.26. The van der Waals surface area contributed by atoms with E-state index < -0.39 is 10.0 Å². The molecule has 1 aromatic rings. The van der Waals surface area contributed by atoms with Crippen LogP contribution < -0.4 is 10.2 Å². The van der Waals surface area contributed by atoms with Crippen LogP contribution in [-0.4, -0.2) is 32.8 Å². The summed E-state index contributed by atoms with van der Waals surface area (Å²) in [6, 6.07) is 0. The molecule has 1 aliphatic heterocycles. The van der Waals surface area contributed by atoms with E-state index in [9.17, 15) is 8.42 Å².